The highest BCUT2D eigenvalue weighted by atomic mass is 16.4. The highest BCUT2D eigenvalue weighted by molar-refractivity contribution is 5.66. The molecule has 0 radical (unpaired) electrons. The minimum atomic E-state index is -0.795. The Bertz CT molecular complexity index is 541. The van der Waals surface area contributed by atoms with Crippen molar-refractivity contribution in [1.82, 2.24) is 19.7 Å². The van der Waals surface area contributed by atoms with Gasteiger partial charge < -0.3 is 10.4 Å². The number of carboxylic acid groups (broad SMARTS) is 1. The van der Waals surface area contributed by atoms with Crippen LogP contribution in [-0.2, 0) is 4.79 Å². The molecule has 0 spiro atoms. The second-order valence-corrected chi connectivity index (χ2v) is 4.19. The van der Waals surface area contributed by atoms with E-state index in [2.05, 4.69) is 20.4 Å². The van der Waals surface area contributed by atoms with Gasteiger partial charge in [0.1, 0.15) is 12.7 Å². The lowest BCUT2D eigenvalue weighted by atomic mass is 10.2. The number of aliphatic carboxylic acids is 1. The molecule has 1 atom stereocenters. The van der Waals surface area contributed by atoms with E-state index in [0.717, 1.165) is 5.69 Å². The second kappa shape index (κ2) is 5.94. The Morgan fingerprint density at radius 1 is 1.58 bits per heavy atom. The van der Waals surface area contributed by atoms with Crippen molar-refractivity contribution >= 4 is 11.7 Å². The minimum absolute atomic E-state index is 0.0302. The summed E-state index contributed by atoms with van der Waals surface area (Å²) in [7, 11) is 0. The molecule has 1 unspecified atom stereocenters. The molecule has 0 aliphatic rings. The zero-order valence-electron chi connectivity index (χ0n) is 10.5. The molecule has 7 heteroatoms. The first-order chi connectivity index (χ1) is 9.16. The first-order valence-electron chi connectivity index (χ1n) is 5.95. The Morgan fingerprint density at radius 2 is 2.42 bits per heavy atom. The monoisotopic (exact) mass is 261 g/mol. The predicted octanol–water partition coefficient (Wildman–Crippen LogP) is 1.33. The van der Waals surface area contributed by atoms with Crippen molar-refractivity contribution in [3.63, 3.8) is 0 Å². The largest absolute Gasteiger partial charge is 0.481 e. The molecule has 0 aliphatic carbocycles. The Kier molecular flexibility index (Phi) is 4.07. The quantitative estimate of drug-likeness (QED) is 0.814. The van der Waals surface area contributed by atoms with Crippen LogP contribution < -0.4 is 5.32 Å². The second-order valence-electron chi connectivity index (χ2n) is 4.19. The molecule has 0 saturated carbocycles. The molecule has 0 fully saturated rings. The van der Waals surface area contributed by atoms with Gasteiger partial charge in [-0.3, -0.25) is 4.79 Å². The number of hydrogen-bond donors (Lipinski definition) is 2. The van der Waals surface area contributed by atoms with Crippen LogP contribution in [0.25, 0.3) is 5.82 Å². The molecule has 0 amide bonds. The van der Waals surface area contributed by atoms with Gasteiger partial charge in [-0.15, -0.1) is 0 Å². The maximum absolute atomic E-state index is 10.5. The maximum Gasteiger partial charge on any atom is 0.303 e. The number of nitrogens with zero attached hydrogens (tertiary/aromatic N) is 4. The number of carboxylic acids is 1. The van der Waals surface area contributed by atoms with Crippen LogP contribution in [0, 0.1) is 0 Å². The van der Waals surface area contributed by atoms with Crippen LogP contribution in [0.3, 0.4) is 0 Å². The molecule has 0 saturated heterocycles. The molecule has 2 aromatic rings. The Hall–Kier alpha value is -2.44. The fourth-order valence-corrected chi connectivity index (χ4v) is 1.69. The van der Waals surface area contributed by atoms with Gasteiger partial charge >= 0.3 is 5.97 Å². The van der Waals surface area contributed by atoms with Crippen molar-refractivity contribution in [3.8, 4) is 5.82 Å². The highest BCUT2D eigenvalue weighted by Crippen LogP contribution is 2.17. The van der Waals surface area contributed by atoms with Crippen LogP contribution in [0.5, 0.6) is 0 Å². The van der Waals surface area contributed by atoms with Gasteiger partial charge in [0.25, 0.3) is 0 Å². The van der Waals surface area contributed by atoms with E-state index in [0.29, 0.717) is 12.2 Å². The van der Waals surface area contributed by atoms with Gasteiger partial charge in [0, 0.05) is 18.7 Å². The maximum atomic E-state index is 10.5. The molecule has 0 bridgehead atoms. The van der Waals surface area contributed by atoms with Crippen molar-refractivity contribution in [2.24, 2.45) is 0 Å². The van der Waals surface area contributed by atoms with Gasteiger partial charge in [-0.25, -0.2) is 14.6 Å². The van der Waals surface area contributed by atoms with Gasteiger partial charge in [-0.05, 0) is 25.5 Å². The van der Waals surface area contributed by atoms with E-state index >= 15 is 0 Å². The molecule has 0 aromatic carbocycles. The molecular formula is C12H15N5O2. The van der Waals surface area contributed by atoms with Crippen LogP contribution in [0.1, 0.15) is 19.8 Å². The van der Waals surface area contributed by atoms with E-state index in [1.54, 1.807) is 17.2 Å². The number of nitrogens with one attached hydrogen (secondary N) is 1. The van der Waals surface area contributed by atoms with E-state index in [-0.39, 0.29) is 12.5 Å². The zero-order valence-corrected chi connectivity index (χ0v) is 10.5. The summed E-state index contributed by atoms with van der Waals surface area (Å²) in [5.74, 6) is -0.154. The lowest BCUT2D eigenvalue weighted by Gasteiger charge is -2.16. The molecule has 2 heterocycles. The van der Waals surface area contributed by atoms with E-state index in [1.807, 2.05) is 19.1 Å². The summed E-state index contributed by atoms with van der Waals surface area (Å²) >= 11 is 0. The van der Waals surface area contributed by atoms with Crippen LogP contribution in [0.15, 0.2) is 31.0 Å². The normalized spacial score (nSPS) is 12.1. The third kappa shape index (κ3) is 3.51. The summed E-state index contributed by atoms with van der Waals surface area (Å²) in [6, 6.07) is 3.72. The van der Waals surface area contributed by atoms with Gasteiger partial charge in [0.2, 0.25) is 0 Å². The number of anilines is 1. The minimum Gasteiger partial charge on any atom is -0.481 e. The topological polar surface area (TPSA) is 92.9 Å². The molecular weight excluding hydrogens is 246 g/mol. The van der Waals surface area contributed by atoms with Crippen molar-refractivity contribution in [1.29, 1.82) is 0 Å². The number of pyridine rings is 1. The van der Waals surface area contributed by atoms with E-state index in [9.17, 15) is 4.79 Å². The molecule has 0 aliphatic heterocycles. The summed E-state index contributed by atoms with van der Waals surface area (Å²) in [6.07, 6.45) is 5.35. The first-order valence-corrected chi connectivity index (χ1v) is 5.95. The molecule has 19 heavy (non-hydrogen) atoms. The molecule has 2 N–H and O–H groups in total. The van der Waals surface area contributed by atoms with Gasteiger partial charge in [0.05, 0.1) is 5.69 Å². The van der Waals surface area contributed by atoms with Crippen LogP contribution in [-0.4, -0.2) is 36.9 Å². The molecule has 100 valence electrons. The lowest BCUT2D eigenvalue weighted by molar-refractivity contribution is -0.137. The van der Waals surface area contributed by atoms with Gasteiger partial charge in [-0.2, -0.15) is 5.10 Å². The van der Waals surface area contributed by atoms with Gasteiger partial charge in [0.15, 0.2) is 5.82 Å². The summed E-state index contributed by atoms with van der Waals surface area (Å²) < 4.78 is 1.56. The van der Waals surface area contributed by atoms with E-state index in [4.69, 9.17) is 5.11 Å². The van der Waals surface area contributed by atoms with Gasteiger partial charge in [-0.1, -0.05) is 0 Å². The predicted molar refractivity (Wildman–Crippen MR) is 69.1 cm³/mol. The number of hydrogen-bond acceptors (Lipinski definition) is 5. The standard InChI is InChI=1S/C12H15N5O2/c1-9(4-5-11(18)19)16-10-3-2-6-14-12(10)17-8-13-7-15-17/h2-3,6-9,16H,4-5H2,1H3,(H,18,19). The SMILES string of the molecule is CC(CCC(=O)O)Nc1cccnc1-n1cncn1. The average molecular weight is 261 g/mol. The van der Waals surface area contributed by atoms with Crippen molar-refractivity contribution < 1.29 is 9.90 Å². The summed E-state index contributed by atoms with van der Waals surface area (Å²) in [5.41, 5.74) is 0.797. The Morgan fingerprint density at radius 3 is 3.11 bits per heavy atom. The van der Waals surface area contributed by atoms with E-state index in [1.165, 1.54) is 6.33 Å². The third-order valence-electron chi connectivity index (χ3n) is 2.62. The summed E-state index contributed by atoms with van der Waals surface area (Å²) in [5, 5.41) is 15.9. The zero-order chi connectivity index (χ0) is 13.7. The Labute approximate surface area is 110 Å². The number of carbonyl (C=O) groups is 1. The highest BCUT2D eigenvalue weighted by Gasteiger charge is 2.10. The summed E-state index contributed by atoms with van der Waals surface area (Å²) in [6.45, 7) is 1.93. The molecule has 2 rings (SSSR count). The van der Waals surface area contributed by atoms with Crippen molar-refractivity contribution in [2.45, 2.75) is 25.8 Å². The number of rotatable bonds is 6. The smallest absolute Gasteiger partial charge is 0.303 e. The molecule has 2 aromatic heterocycles. The van der Waals surface area contributed by atoms with Crippen LogP contribution in [0.4, 0.5) is 5.69 Å². The number of aromatic nitrogens is 4. The van der Waals surface area contributed by atoms with Crippen molar-refractivity contribution in [3.05, 3.63) is 31.0 Å². The van der Waals surface area contributed by atoms with E-state index < -0.39 is 5.97 Å². The Balaban J connectivity index is 2.10. The third-order valence-corrected chi connectivity index (χ3v) is 2.62. The fourth-order valence-electron chi connectivity index (χ4n) is 1.69. The van der Waals surface area contributed by atoms with Crippen LogP contribution >= 0.6 is 0 Å². The van der Waals surface area contributed by atoms with Crippen molar-refractivity contribution in [2.75, 3.05) is 5.32 Å². The fraction of sp³-hybridized carbons (Fsp3) is 0.333. The summed E-state index contributed by atoms with van der Waals surface area (Å²) in [4.78, 5) is 18.7. The average Bonchev–Trinajstić information content (AvgIpc) is 2.91. The molecule has 7 nitrogen and oxygen atoms in total. The van der Waals surface area contributed by atoms with Crippen LogP contribution in [0.2, 0.25) is 0 Å². The lowest BCUT2D eigenvalue weighted by Crippen LogP contribution is -2.18. The first kappa shape index (κ1) is 13.0.